The molecule has 1 fully saturated rings. The normalized spacial score (nSPS) is 24.2. The zero-order chi connectivity index (χ0) is 15.8. The lowest BCUT2D eigenvalue weighted by atomic mass is 9.90. The van der Waals surface area contributed by atoms with Gasteiger partial charge in [0.15, 0.2) is 0 Å². The molecule has 2 rings (SSSR count). The van der Waals surface area contributed by atoms with Crippen LogP contribution in [0.15, 0.2) is 21.5 Å². The Morgan fingerprint density at radius 2 is 2.00 bits per heavy atom. The zero-order valence-corrected chi connectivity index (χ0v) is 15.2. The number of halogens is 1. The van der Waals surface area contributed by atoms with Crippen molar-refractivity contribution < 1.29 is 8.42 Å². The fraction of sp³-hybridized carbons (Fsp3) is 0.600. The summed E-state index contributed by atoms with van der Waals surface area (Å²) in [6.07, 6.45) is 0.910. The van der Waals surface area contributed by atoms with E-state index in [1.165, 1.54) is 0 Å². The van der Waals surface area contributed by atoms with Crippen molar-refractivity contribution in [3.05, 3.63) is 27.7 Å². The second-order valence-electron chi connectivity index (χ2n) is 6.04. The molecule has 1 aromatic carbocycles. The lowest BCUT2D eigenvalue weighted by Crippen LogP contribution is -2.42. The number of aryl methyl sites for hydroxylation is 1. The average molecular weight is 375 g/mol. The van der Waals surface area contributed by atoms with Crippen LogP contribution in [0.25, 0.3) is 0 Å². The summed E-state index contributed by atoms with van der Waals surface area (Å²) in [6.45, 7) is 7.70. The number of sulfonamides is 1. The number of hydrogen-bond acceptors (Lipinski definition) is 3. The van der Waals surface area contributed by atoms with Gasteiger partial charge in [0.1, 0.15) is 0 Å². The average Bonchev–Trinajstić information content (AvgIpc) is 2.44. The molecule has 4 nitrogen and oxygen atoms in total. The summed E-state index contributed by atoms with van der Waals surface area (Å²) in [6, 6.07) is 3.61. The van der Waals surface area contributed by atoms with E-state index in [0.29, 0.717) is 40.8 Å². The first-order valence-electron chi connectivity index (χ1n) is 7.26. The van der Waals surface area contributed by atoms with Crippen LogP contribution in [-0.2, 0) is 16.6 Å². The van der Waals surface area contributed by atoms with Gasteiger partial charge in [0.25, 0.3) is 0 Å². The van der Waals surface area contributed by atoms with Gasteiger partial charge in [-0.3, -0.25) is 0 Å². The van der Waals surface area contributed by atoms with Gasteiger partial charge in [0.05, 0.1) is 4.90 Å². The van der Waals surface area contributed by atoms with Crippen molar-refractivity contribution in [2.75, 3.05) is 13.1 Å². The van der Waals surface area contributed by atoms with Crippen molar-refractivity contribution >= 4 is 26.0 Å². The molecule has 0 saturated carbocycles. The molecular weight excluding hydrogens is 352 g/mol. The van der Waals surface area contributed by atoms with Crippen LogP contribution in [0.3, 0.4) is 0 Å². The van der Waals surface area contributed by atoms with E-state index in [2.05, 4.69) is 29.8 Å². The van der Waals surface area contributed by atoms with Crippen LogP contribution in [-0.4, -0.2) is 25.8 Å². The highest BCUT2D eigenvalue weighted by molar-refractivity contribution is 9.10. The maximum Gasteiger partial charge on any atom is 0.244 e. The molecule has 0 aromatic heterocycles. The first-order valence-corrected chi connectivity index (χ1v) is 9.50. The van der Waals surface area contributed by atoms with Crippen LogP contribution >= 0.6 is 15.9 Å². The van der Waals surface area contributed by atoms with Gasteiger partial charge in [0, 0.05) is 24.1 Å². The van der Waals surface area contributed by atoms with Gasteiger partial charge < -0.3 is 5.73 Å². The number of hydrogen-bond donors (Lipinski definition) is 1. The molecule has 0 radical (unpaired) electrons. The summed E-state index contributed by atoms with van der Waals surface area (Å²) in [7, 11) is -3.47. The van der Waals surface area contributed by atoms with Gasteiger partial charge >= 0.3 is 0 Å². The lowest BCUT2D eigenvalue weighted by Gasteiger charge is -2.34. The van der Waals surface area contributed by atoms with Gasteiger partial charge in [-0.2, -0.15) is 4.31 Å². The Balaban J connectivity index is 2.42. The van der Waals surface area contributed by atoms with Crippen molar-refractivity contribution in [1.29, 1.82) is 0 Å². The van der Waals surface area contributed by atoms with Crippen molar-refractivity contribution in [2.45, 2.75) is 38.6 Å². The summed E-state index contributed by atoms with van der Waals surface area (Å²) in [5, 5.41) is 0. The molecule has 2 atom stereocenters. The standard InChI is InChI=1S/C15H23BrN2O2S/c1-10-4-5-18(9-12(10)3)21(19,20)14-7-13(8-17)6-11(2)15(14)16/h6-7,10,12H,4-5,8-9,17H2,1-3H3. The van der Waals surface area contributed by atoms with Crippen LogP contribution in [0.2, 0.25) is 0 Å². The van der Waals surface area contributed by atoms with E-state index in [-0.39, 0.29) is 0 Å². The van der Waals surface area contributed by atoms with E-state index in [0.717, 1.165) is 17.5 Å². The quantitative estimate of drug-likeness (QED) is 0.884. The number of nitrogens with zero attached hydrogens (tertiary/aromatic N) is 1. The number of benzene rings is 1. The minimum Gasteiger partial charge on any atom is -0.326 e. The summed E-state index contributed by atoms with van der Waals surface area (Å²) in [4.78, 5) is 0.338. The number of rotatable bonds is 3. The van der Waals surface area contributed by atoms with Gasteiger partial charge in [-0.1, -0.05) is 19.9 Å². The van der Waals surface area contributed by atoms with Crippen molar-refractivity contribution in [2.24, 2.45) is 17.6 Å². The molecule has 0 amide bonds. The Bertz CT molecular complexity index is 631. The molecule has 21 heavy (non-hydrogen) atoms. The SMILES string of the molecule is Cc1cc(CN)cc(S(=O)(=O)N2CCC(C)C(C)C2)c1Br. The second-order valence-corrected chi connectivity index (χ2v) is 8.73. The Kier molecular flexibility index (Phi) is 5.13. The molecular formula is C15H23BrN2O2S. The third kappa shape index (κ3) is 3.33. The van der Waals surface area contributed by atoms with E-state index >= 15 is 0 Å². The smallest absolute Gasteiger partial charge is 0.244 e. The second kappa shape index (κ2) is 6.36. The van der Waals surface area contributed by atoms with E-state index in [9.17, 15) is 8.42 Å². The third-order valence-corrected chi connectivity index (χ3v) is 7.64. The Morgan fingerprint density at radius 3 is 2.57 bits per heavy atom. The monoisotopic (exact) mass is 374 g/mol. The summed E-state index contributed by atoms with van der Waals surface area (Å²) >= 11 is 3.43. The summed E-state index contributed by atoms with van der Waals surface area (Å²) in [5.74, 6) is 0.947. The first-order chi connectivity index (χ1) is 9.77. The maximum absolute atomic E-state index is 12.9. The molecule has 2 N–H and O–H groups in total. The molecule has 0 aliphatic carbocycles. The van der Waals surface area contributed by atoms with Gasteiger partial charge in [0.2, 0.25) is 10.0 Å². The maximum atomic E-state index is 12.9. The Hall–Kier alpha value is -0.430. The number of piperidine rings is 1. The first kappa shape index (κ1) is 16.9. The lowest BCUT2D eigenvalue weighted by molar-refractivity contribution is 0.212. The van der Waals surface area contributed by atoms with E-state index < -0.39 is 10.0 Å². The molecule has 6 heteroatoms. The van der Waals surface area contributed by atoms with Crippen molar-refractivity contribution in [3.63, 3.8) is 0 Å². The highest BCUT2D eigenvalue weighted by Crippen LogP contribution is 2.32. The molecule has 0 bridgehead atoms. The van der Waals surface area contributed by atoms with Crippen LogP contribution in [0.1, 0.15) is 31.4 Å². The predicted molar refractivity (Wildman–Crippen MR) is 88.5 cm³/mol. The molecule has 0 spiro atoms. The van der Waals surface area contributed by atoms with Crippen LogP contribution in [0, 0.1) is 18.8 Å². The molecule has 1 aliphatic rings. The van der Waals surface area contributed by atoms with E-state index in [4.69, 9.17) is 5.73 Å². The van der Waals surface area contributed by atoms with Crippen molar-refractivity contribution in [1.82, 2.24) is 4.31 Å². The van der Waals surface area contributed by atoms with Crippen LogP contribution in [0.4, 0.5) is 0 Å². The Morgan fingerprint density at radius 1 is 1.33 bits per heavy atom. The molecule has 1 saturated heterocycles. The third-order valence-electron chi connectivity index (χ3n) is 4.43. The van der Waals surface area contributed by atoms with Gasteiger partial charge in [-0.05, 0) is 58.3 Å². The van der Waals surface area contributed by atoms with E-state index in [1.54, 1.807) is 10.4 Å². The summed E-state index contributed by atoms with van der Waals surface area (Å²) < 4.78 is 28.1. The van der Waals surface area contributed by atoms with Crippen LogP contribution < -0.4 is 5.73 Å². The molecule has 2 unspecified atom stereocenters. The highest BCUT2D eigenvalue weighted by atomic mass is 79.9. The molecule has 1 aromatic rings. The molecule has 1 heterocycles. The highest BCUT2D eigenvalue weighted by Gasteiger charge is 2.33. The summed E-state index contributed by atoms with van der Waals surface area (Å²) in [5.41, 5.74) is 7.41. The van der Waals surface area contributed by atoms with Crippen LogP contribution in [0.5, 0.6) is 0 Å². The topological polar surface area (TPSA) is 63.4 Å². The molecule has 1 aliphatic heterocycles. The van der Waals surface area contributed by atoms with Gasteiger partial charge in [-0.15, -0.1) is 0 Å². The Labute approximate surface area is 135 Å². The minimum atomic E-state index is -3.47. The zero-order valence-electron chi connectivity index (χ0n) is 12.8. The van der Waals surface area contributed by atoms with Crippen molar-refractivity contribution in [3.8, 4) is 0 Å². The van der Waals surface area contributed by atoms with Gasteiger partial charge in [-0.25, -0.2) is 8.42 Å². The van der Waals surface area contributed by atoms with E-state index in [1.807, 2.05) is 13.0 Å². The predicted octanol–water partition coefficient (Wildman–Crippen LogP) is 2.88. The number of nitrogens with two attached hydrogens (primary N) is 1. The molecule has 118 valence electrons. The fourth-order valence-corrected chi connectivity index (χ4v) is 5.28. The largest absolute Gasteiger partial charge is 0.326 e. The minimum absolute atomic E-state index is 0.337. The fourth-order valence-electron chi connectivity index (χ4n) is 2.70.